The molecule has 1 aromatic carbocycles. The quantitative estimate of drug-likeness (QED) is 0.572. The van der Waals surface area contributed by atoms with E-state index >= 15 is 0 Å². The Morgan fingerprint density at radius 3 is 2.29 bits per heavy atom. The van der Waals surface area contributed by atoms with Crippen LogP contribution >= 0.6 is 0 Å². The molecule has 0 saturated carbocycles. The molecule has 0 saturated heterocycles. The van der Waals surface area contributed by atoms with Gasteiger partial charge in [-0.05, 0) is 24.9 Å². The second-order valence-corrected chi connectivity index (χ2v) is 5.66. The first-order valence-electron chi connectivity index (χ1n) is 8.24. The summed E-state index contributed by atoms with van der Waals surface area (Å²) in [6.07, 6.45) is 9.30. The molecule has 1 unspecified atom stereocenters. The van der Waals surface area contributed by atoms with E-state index in [1.807, 2.05) is 30.3 Å². The highest BCUT2D eigenvalue weighted by Crippen LogP contribution is 2.07. The first-order valence-corrected chi connectivity index (χ1v) is 8.24. The van der Waals surface area contributed by atoms with Crippen LogP contribution in [0.2, 0.25) is 0 Å². The maximum absolute atomic E-state index is 11.3. The van der Waals surface area contributed by atoms with E-state index in [-0.39, 0.29) is 0 Å². The highest BCUT2D eigenvalue weighted by atomic mass is 16.4. The lowest BCUT2D eigenvalue weighted by atomic mass is 10.1. The molecule has 1 aromatic rings. The van der Waals surface area contributed by atoms with Gasteiger partial charge in [0.2, 0.25) is 0 Å². The Kier molecular flexibility index (Phi) is 9.55. The van der Waals surface area contributed by atoms with Gasteiger partial charge in [0.25, 0.3) is 0 Å². The molecular weight excluding hydrogens is 262 g/mol. The predicted molar refractivity (Wildman–Crippen MR) is 87.6 cm³/mol. The minimum Gasteiger partial charge on any atom is -0.480 e. The van der Waals surface area contributed by atoms with Crippen LogP contribution in [0.15, 0.2) is 30.3 Å². The molecule has 0 aliphatic heterocycles. The van der Waals surface area contributed by atoms with Crippen LogP contribution in [0.25, 0.3) is 0 Å². The Balaban J connectivity index is 2.16. The third-order valence-corrected chi connectivity index (χ3v) is 3.75. The zero-order valence-electron chi connectivity index (χ0n) is 13.2. The largest absolute Gasteiger partial charge is 0.480 e. The lowest BCUT2D eigenvalue weighted by Crippen LogP contribution is -2.39. The van der Waals surface area contributed by atoms with Crippen molar-refractivity contribution in [1.82, 2.24) is 5.32 Å². The molecule has 0 aliphatic carbocycles. The number of rotatable bonds is 12. The Morgan fingerprint density at radius 1 is 1.05 bits per heavy atom. The molecule has 1 rings (SSSR count). The number of carboxylic acid groups (broad SMARTS) is 1. The third kappa shape index (κ3) is 8.51. The van der Waals surface area contributed by atoms with Crippen molar-refractivity contribution in [3.63, 3.8) is 0 Å². The SMILES string of the molecule is CCCCCCCCCNC(Cc1ccccc1)C(=O)O. The average molecular weight is 291 g/mol. The lowest BCUT2D eigenvalue weighted by molar-refractivity contribution is -0.139. The normalized spacial score (nSPS) is 12.2. The highest BCUT2D eigenvalue weighted by molar-refractivity contribution is 5.73. The van der Waals surface area contributed by atoms with Crippen LogP contribution in [0.1, 0.15) is 57.4 Å². The van der Waals surface area contributed by atoms with E-state index in [2.05, 4.69) is 12.2 Å². The van der Waals surface area contributed by atoms with Gasteiger partial charge in [-0.25, -0.2) is 0 Å². The van der Waals surface area contributed by atoms with Crippen molar-refractivity contribution in [3.8, 4) is 0 Å². The smallest absolute Gasteiger partial charge is 0.321 e. The van der Waals surface area contributed by atoms with Crippen molar-refractivity contribution in [2.24, 2.45) is 0 Å². The minimum atomic E-state index is -0.762. The Labute approximate surface area is 128 Å². The summed E-state index contributed by atoms with van der Waals surface area (Å²) in [4.78, 5) is 11.3. The number of nitrogens with one attached hydrogen (secondary N) is 1. The summed E-state index contributed by atoms with van der Waals surface area (Å²) in [6.45, 7) is 3.01. The molecule has 0 fully saturated rings. The number of benzene rings is 1. The van der Waals surface area contributed by atoms with Crippen LogP contribution < -0.4 is 5.32 Å². The fourth-order valence-electron chi connectivity index (χ4n) is 2.45. The Morgan fingerprint density at radius 2 is 1.67 bits per heavy atom. The number of hydrogen-bond acceptors (Lipinski definition) is 2. The van der Waals surface area contributed by atoms with Gasteiger partial charge in [0.15, 0.2) is 0 Å². The summed E-state index contributed by atoms with van der Waals surface area (Å²) < 4.78 is 0. The van der Waals surface area contributed by atoms with Gasteiger partial charge in [-0.1, -0.05) is 75.8 Å². The molecule has 1 atom stereocenters. The highest BCUT2D eigenvalue weighted by Gasteiger charge is 2.16. The molecule has 0 aliphatic rings. The van der Waals surface area contributed by atoms with E-state index < -0.39 is 12.0 Å². The Bertz CT molecular complexity index is 378. The van der Waals surface area contributed by atoms with Crippen molar-refractivity contribution in [3.05, 3.63) is 35.9 Å². The van der Waals surface area contributed by atoms with Crippen molar-refractivity contribution in [2.45, 2.75) is 64.3 Å². The molecule has 0 heterocycles. The fraction of sp³-hybridized carbons (Fsp3) is 0.611. The number of hydrogen-bond donors (Lipinski definition) is 2. The molecule has 3 nitrogen and oxygen atoms in total. The van der Waals surface area contributed by atoms with Gasteiger partial charge in [-0.15, -0.1) is 0 Å². The second kappa shape index (κ2) is 11.3. The Hall–Kier alpha value is -1.35. The van der Waals surface area contributed by atoms with Crippen LogP contribution in [0.3, 0.4) is 0 Å². The summed E-state index contributed by atoms with van der Waals surface area (Å²) in [5, 5.41) is 12.4. The molecular formula is C18H29NO2. The van der Waals surface area contributed by atoms with Crippen molar-refractivity contribution >= 4 is 5.97 Å². The standard InChI is InChI=1S/C18H29NO2/c1-2-3-4-5-6-7-11-14-19-17(18(20)21)15-16-12-9-8-10-13-16/h8-10,12-13,17,19H,2-7,11,14-15H2,1H3,(H,20,21). The van der Waals surface area contributed by atoms with E-state index in [4.69, 9.17) is 0 Å². The van der Waals surface area contributed by atoms with E-state index in [0.717, 1.165) is 18.5 Å². The number of carbonyl (C=O) groups is 1. The van der Waals surface area contributed by atoms with Gasteiger partial charge in [0.05, 0.1) is 0 Å². The monoisotopic (exact) mass is 291 g/mol. The topological polar surface area (TPSA) is 49.3 Å². The molecule has 0 bridgehead atoms. The summed E-state index contributed by atoms with van der Waals surface area (Å²) >= 11 is 0. The molecule has 118 valence electrons. The van der Waals surface area contributed by atoms with E-state index in [9.17, 15) is 9.90 Å². The van der Waals surface area contributed by atoms with Crippen molar-refractivity contribution < 1.29 is 9.90 Å². The summed E-state index contributed by atoms with van der Waals surface area (Å²) in [6, 6.07) is 9.32. The first kappa shape index (κ1) is 17.7. The van der Waals surface area contributed by atoms with Gasteiger partial charge in [0, 0.05) is 0 Å². The predicted octanol–water partition coefficient (Wildman–Crippen LogP) is 4.02. The summed E-state index contributed by atoms with van der Waals surface area (Å²) in [5.41, 5.74) is 1.07. The van der Waals surface area contributed by atoms with Crippen LogP contribution in [-0.2, 0) is 11.2 Å². The molecule has 0 amide bonds. The zero-order valence-corrected chi connectivity index (χ0v) is 13.2. The number of aliphatic carboxylic acids is 1. The van der Waals surface area contributed by atoms with Gasteiger partial charge < -0.3 is 10.4 Å². The van der Waals surface area contributed by atoms with E-state index in [0.29, 0.717) is 6.42 Å². The summed E-state index contributed by atoms with van der Waals surface area (Å²) in [7, 11) is 0. The second-order valence-electron chi connectivity index (χ2n) is 5.66. The molecule has 3 heteroatoms. The molecule has 0 spiro atoms. The number of carboxylic acids is 1. The molecule has 0 aromatic heterocycles. The van der Waals surface area contributed by atoms with Crippen molar-refractivity contribution in [2.75, 3.05) is 6.54 Å². The third-order valence-electron chi connectivity index (χ3n) is 3.75. The van der Waals surface area contributed by atoms with Crippen LogP contribution in [0, 0.1) is 0 Å². The van der Waals surface area contributed by atoms with Crippen LogP contribution in [-0.4, -0.2) is 23.7 Å². The van der Waals surface area contributed by atoms with Gasteiger partial charge in [-0.3, -0.25) is 4.79 Å². The lowest BCUT2D eigenvalue weighted by Gasteiger charge is -2.14. The average Bonchev–Trinajstić information content (AvgIpc) is 2.49. The van der Waals surface area contributed by atoms with Gasteiger partial charge in [-0.2, -0.15) is 0 Å². The maximum Gasteiger partial charge on any atom is 0.321 e. The first-order chi connectivity index (χ1) is 10.2. The molecule has 21 heavy (non-hydrogen) atoms. The van der Waals surface area contributed by atoms with Crippen LogP contribution in [0.4, 0.5) is 0 Å². The van der Waals surface area contributed by atoms with Crippen molar-refractivity contribution in [1.29, 1.82) is 0 Å². The van der Waals surface area contributed by atoms with Crippen LogP contribution in [0.5, 0.6) is 0 Å². The molecule has 2 N–H and O–H groups in total. The summed E-state index contributed by atoms with van der Waals surface area (Å²) in [5.74, 6) is -0.762. The van der Waals surface area contributed by atoms with Gasteiger partial charge in [0.1, 0.15) is 6.04 Å². The van der Waals surface area contributed by atoms with E-state index in [1.54, 1.807) is 0 Å². The minimum absolute atomic E-state index is 0.479. The fourth-order valence-corrected chi connectivity index (χ4v) is 2.45. The molecule has 0 radical (unpaired) electrons. The van der Waals surface area contributed by atoms with Gasteiger partial charge >= 0.3 is 5.97 Å². The zero-order chi connectivity index (χ0) is 15.3. The number of unbranched alkanes of at least 4 members (excludes halogenated alkanes) is 6. The van der Waals surface area contributed by atoms with E-state index in [1.165, 1.54) is 38.5 Å². The maximum atomic E-state index is 11.3.